The molecule has 0 saturated carbocycles. The predicted molar refractivity (Wildman–Crippen MR) is 52.5 cm³/mol. The van der Waals surface area contributed by atoms with Crippen molar-refractivity contribution < 1.29 is 9.84 Å². The molecule has 13 heavy (non-hydrogen) atoms. The minimum atomic E-state index is -0.752. The number of rotatable bonds is 3. The van der Waals surface area contributed by atoms with Gasteiger partial charge in [0, 0.05) is 12.7 Å². The SMILES string of the molecule is COc1ccnc(Br)c1C(O)CN. The first-order valence-electron chi connectivity index (χ1n) is 3.77. The van der Waals surface area contributed by atoms with Gasteiger partial charge in [0.1, 0.15) is 10.4 Å². The van der Waals surface area contributed by atoms with Crippen LogP contribution < -0.4 is 10.5 Å². The summed E-state index contributed by atoms with van der Waals surface area (Å²) in [5.41, 5.74) is 5.93. The average molecular weight is 247 g/mol. The molecule has 0 radical (unpaired) electrons. The molecule has 0 bridgehead atoms. The highest BCUT2D eigenvalue weighted by molar-refractivity contribution is 9.10. The third-order valence-corrected chi connectivity index (χ3v) is 2.31. The average Bonchev–Trinajstić information content (AvgIpc) is 2.16. The minimum Gasteiger partial charge on any atom is -0.496 e. The minimum absolute atomic E-state index is 0.140. The van der Waals surface area contributed by atoms with Gasteiger partial charge >= 0.3 is 0 Å². The van der Waals surface area contributed by atoms with Gasteiger partial charge in [-0.2, -0.15) is 0 Å². The van der Waals surface area contributed by atoms with E-state index in [9.17, 15) is 5.11 Å². The van der Waals surface area contributed by atoms with E-state index in [0.29, 0.717) is 15.9 Å². The smallest absolute Gasteiger partial charge is 0.128 e. The lowest BCUT2D eigenvalue weighted by atomic mass is 10.1. The fourth-order valence-electron chi connectivity index (χ4n) is 1.03. The summed E-state index contributed by atoms with van der Waals surface area (Å²) in [4.78, 5) is 3.98. The van der Waals surface area contributed by atoms with Crippen LogP contribution in [0.4, 0.5) is 0 Å². The number of hydrogen-bond acceptors (Lipinski definition) is 4. The summed E-state index contributed by atoms with van der Waals surface area (Å²) < 4.78 is 5.62. The lowest BCUT2D eigenvalue weighted by Crippen LogP contribution is -2.13. The van der Waals surface area contributed by atoms with E-state index in [1.165, 1.54) is 7.11 Å². The number of ether oxygens (including phenoxy) is 1. The zero-order valence-electron chi connectivity index (χ0n) is 7.20. The Morgan fingerprint density at radius 1 is 1.77 bits per heavy atom. The Hall–Kier alpha value is -0.650. The lowest BCUT2D eigenvalue weighted by molar-refractivity contribution is 0.180. The van der Waals surface area contributed by atoms with E-state index in [1.54, 1.807) is 12.3 Å². The molecule has 0 aliphatic carbocycles. The number of halogens is 1. The van der Waals surface area contributed by atoms with Crippen molar-refractivity contribution in [1.29, 1.82) is 0 Å². The van der Waals surface area contributed by atoms with E-state index in [1.807, 2.05) is 0 Å². The van der Waals surface area contributed by atoms with Crippen molar-refractivity contribution in [3.63, 3.8) is 0 Å². The van der Waals surface area contributed by atoms with Gasteiger partial charge in [-0.3, -0.25) is 0 Å². The molecule has 1 rings (SSSR count). The number of nitrogens with zero attached hydrogens (tertiary/aromatic N) is 1. The van der Waals surface area contributed by atoms with Gasteiger partial charge in [-0.1, -0.05) is 0 Å². The fraction of sp³-hybridized carbons (Fsp3) is 0.375. The Kier molecular flexibility index (Phi) is 3.65. The molecule has 0 aromatic carbocycles. The first kappa shape index (κ1) is 10.4. The van der Waals surface area contributed by atoms with Crippen molar-refractivity contribution in [2.45, 2.75) is 6.10 Å². The molecular weight excluding hydrogens is 236 g/mol. The summed E-state index contributed by atoms with van der Waals surface area (Å²) >= 11 is 3.22. The van der Waals surface area contributed by atoms with Crippen LogP contribution >= 0.6 is 15.9 Å². The topological polar surface area (TPSA) is 68.4 Å². The van der Waals surface area contributed by atoms with E-state index in [0.717, 1.165) is 0 Å². The molecule has 3 N–H and O–H groups in total. The Morgan fingerprint density at radius 3 is 3.00 bits per heavy atom. The van der Waals surface area contributed by atoms with Crippen molar-refractivity contribution in [2.75, 3.05) is 13.7 Å². The molecule has 0 spiro atoms. The monoisotopic (exact) mass is 246 g/mol. The largest absolute Gasteiger partial charge is 0.496 e. The molecule has 1 aromatic rings. The van der Waals surface area contributed by atoms with Crippen LogP contribution in [-0.4, -0.2) is 23.7 Å². The van der Waals surface area contributed by atoms with Crippen molar-refractivity contribution in [1.82, 2.24) is 4.98 Å². The van der Waals surface area contributed by atoms with Crippen LogP contribution in [0.3, 0.4) is 0 Å². The Balaban J connectivity index is 3.14. The summed E-state index contributed by atoms with van der Waals surface area (Å²) in [5, 5.41) is 9.55. The first-order chi connectivity index (χ1) is 6.20. The molecule has 0 amide bonds. The summed E-state index contributed by atoms with van der Waals surface area (Å²) in [6, 6.07) is 1.68. The van der Waals surface area contributed by atoms with E-state index in [2.05, 4.69) is 20.9 Å². The zero-order valence-corrected chi connectivity index (χ0v) is 8.78. The molecule has 4 nitrogen and oxygen atoms in total. The molecule has 72 valence electrons. The number of nitrogens with two attached hydrogens (primary N) is 1. The number of methoxy groups -OCH3 is 1. The van der Waals surface area contributed by atoms with Gasteiger partial charge < -0.3 is 15.6 Å². The van der Waals surface area contributed by atoms with Crippen molar-refractivity contribution in [3.05, 3.63) is 22.4 Å². The maximum absolute atomic E-state index is 9.55. The van der Waals surface area contributed by atoms with Crippen LogP contribution in [0.25, 0.3) is 0 Å². The van der Waals surface area contributed by atoms with Gasteiger partial charge in [0.15, 0.2) is 0 Å². The lowest BCUT2D eigenvalue weighted by Gasteiger charge is -2.13. The molecule has 1 aromatic heterocycles. The highest BCUT2D eigenvalue weighted by Crippen LogP contribution is 2.29. The summed E-state index contributed by atoms with van der Waals surface area (Å²) in [6.07, 6.45) is 0.841. The number of pyridine rings is 1. The molecule has 0 saturated heterocycles. The highest BCUT2D eigenvalue weighted by Gasteiger charge is 2.15. The maximum atomic E-state index is 9.55. The van der Waals surface area contributed by atoms with Gasteiger partial charge in [-0.15, -0.1) is 0 Å². The van der Waals surface area contributed by atoms with Crippen LogP contribution in [0.1, 0.15) is 11.7 Å². The third-order valence-electron chi connectivity index (χ3n) is 1.68. The Labute approximate surface area is 84.9 Å². The summed E-state index contributed by atoms with van der Waals surface area (Å²) in [5.74, 6) is 0.583. The molecular formula is C8H11BrN2O2. The van der Waals surface area contributed by atoms with E-state index in [-0.39, 0.29) is 6.54 Å². The first-order valence-corrected chi connectivity index (χ1v) is 4.56. The standard InChI is InChI=1S/C8H11BrN2O2/c1-13-6-2-3-11-8(9)7(6)5(12)4-10/h2-3,5,12H,4,10H2,1H3. The number of aliphatic hydroxyl groups excluding tert-OH is 1. The molecule has 5 heteroatoms. The summed E-state index contributed by atoms with van der Waals surface area (Å²) in [6.45, 7) is 0.140. The van der Waals surface area contributed by atoms with Crippen molar-refractivity contribution in [2.24, 2.45) is 5.73 Å². The number of hydrogen-bond donors (Lipinski definition) is 2. The second-order valence-corrected chi connectivity index (χ2v) is 3.22. The zero-order chi connectivity index (χ0) is 9.84. The van der Waals surface area contributed by atoms with Crippen molar-refractivity contribution in [3.8, 4) is 5.75 Å². The summed E-state index contributed by atoms with van der Waals surface area (Å²) in [7, 11) is 1.54. The van der Waals surface area contributed by atoms with Gasteiger partial charge in [0.05, 0.1) is 18.8 Å². The molecule has 0 aliphatic rings. The van der Waals surface area contributed by atoms with Gasteiger partial charge in [0.2, 0.25) is 0 Å². The molecule has 1 heterocycles. The number of aliphatic hydroxyl groups is 1. The predicted octanol–water partition coefficient (Wildman–Crippen LogP) is 0.845. The van der Waals surface area contributed by atoms with Crippen LogP contribution in [0.5, 0.6) is 5.75 Å². The van der Waals surface area contributed by atoms with Crippen LogP contribution in [0.2, 0.25) is 0 Å². The molecule has 0 aliphatic heterocycles. The van der Waals surface area contributed by atoms with Gasteiger partial charge in [-0.05, 0) is 22.0 Å². The fourth-order valence-corrected chi connectivity index (χ4v) is 1.61. The Morgan fingerprint density at radius 2 is 2.46 bits per heavy atom. The van der Waals surface area contributed by atoms with Crippen LogP contribution in [0, 0.1) is 0 Å². The normalized spacial score (nSPS) is 12.6. The molecule has 1 atom stereocenters. The Bertz CT molecular complexity index is 293. The highest BCUT2D eigenvalue weighted by atomic mass is 79.9. The number of aromatic nitrogens is 1. The maximum Gasteiger partial charge on any atom is 0.128 e. The third kappa shape index (κ3) is 2.18. The second kappa shape index (κ2) is 4.55. The second-order valence-electron chi connectivity index (χ2n) is 2.47. The van der Waals surface area contributed by atoms with E-state index < -0.39 is 6.10 Å². The van der Waals surface area contributed by atoms with Gasteiger partial charge in [0.25, 0.3) is 0 Å². The van der Waals surface area contributed by atoms with E-state index in [4.69, 9.17) is 10.5 Å². The van der Waals surface area contributed by atoms with Crippen LogP contribution in [0.15, 0.2) is 16.9 Å². The van der Waals surface area contributed by atoms with Crippen LogP contribution in [-0.2, 0) is 0 Å². The molecule has 0 fully saturated rings. The van der Waals surface area contributed by atoms with E-state index >= 15 is 0 Å². The van der Waals surface area contributed by atoms with Crippen molar-refractivity contribution >= 4 is 15.9 Å². The quantitative estimate of drug-likeness (QED) is 0.777. The van der Waals surface area contributed by atoms with Gasteiger partial charge in [-0.25, -0.2) is 4.98 Å². The molecule has 1 unspecified atom stereocenters.